The molecule has 3 rings (SSSR count). The Kier molecular flexibility index (Phi) is 7.34. The Hall–Kier alpha value is -2.75. The van der Waals surface area contributed by atoms with E-state index in [1.165, 1.54) is 0 Å². The first-order valence-corrected chi connectivity index (χ1v) is 10.0. The molecule has 6 nitrogen and oxygen atoms in total. The van der Waals surface area contributed by atoms with Crippen LogP contribution in [0.1, 0.15) is 6.42 Å². The molecule has 0 radical (unpaired) electrons. The summed E-state index contributed by atoms with van der Waals surface area (Å²) in [7, 11) is 1.58. The highest BCUT2D eigenvalue weighted by Crippen LogP contribution is 2.28. The lowest BCUT2D eigenvalue weighted by Crippen LogP contribution is -2.50. The lowest BCUT2D eigenvalue weighted by Gasteiger charge is -2.36. The van der Waals surface area contributed by atoms with Gasteiger partial charge in [0.2, 0.25) is 5.91 Å². The van der Waals surface area contributed by atoms with Gasteiger partial charge in [-0.25, -0.2) is 0 Å². The fourth-order valence-electron chi connectivity index (χ4n) is 3.51. The number of rotatable bonds is 7. The van der Waals surface area contributed by atoms with Crippen LogP contribution in [0.25, 0.3) is 0 Å². The van der Waals surface area contributed by atoms with Gasteiger partial charge in [0, 0.05) is 43.4 Å². The van der Waals surface area contributed by atoms with Gasteiger partial charge in [-0.3, -0.25) is 9.69 Å². The van der Waals surface area contributed by atoms with E-state index in [1.54, 1.807) is 12.0 Å². The number of nitrogens with zero attached hydrogens (tertiary/aromatic N) is 4. The molecule has 7 heteroatoms. The maximum absolute atomic E-state index is 13.1. The minimum absolute atomic E-state index is 0.0269. The van der Waals surface area contributed by atoms with Gasteiger partial charge < -0.3 is 14.5 Å². The Balaban J connectivity index is 1.64. The number of nitriles is 1. The van der Waals surface area contributed by atoms with Crippen molar-refractivity contribution in [2.75, 3.05) is 56.2 Å². The molecule has 1 amide bonds. The lowest BCUT2D eigenvalue weighted by molar-refractivity contribution is -0.119. The molecule has 1 heterocycles. The number of hydrogen-bond donors (Lipinski definition) is 0. The Labute approximate surface area is 176 Å². The Morgan fingerprint density at radius 2 is 1.93 bits per heavy atom. The summed E-state index contributed by atoms with van der Waals surface area (Å²) in [4.78, 5) is 19.2. The fraction of sp³-hybridized carbons (Fsp3) is 0.364. The van der Waals surface area contributed by atoms with Crippen LogP contribution in [0.5, 0.6) is 5.75 Å². The average molecular weight is 413 g/mol. The van der Waals surface area contributed by atoms with Gasteiger partial charge >= 0.3 is 0 Å². The van der Waals surface area contributed by atoms with Crippen molar-refractivity contribution < 1.29 is 9.53 Å². The topological polar surface area (TPSA) is 59.8 Å². The smallest absolute Gasteiger partial charge is 0.241 e. The van der Waals surface area contributed by atoms with Gasteiger partial charge in [0.15, 0.2) is 0 Å². The third kappa shape index (κ3) is 5.41. The first-order valence-electron chi connectivity index (χ1n) is 9.65. The van der Waals surface area contributed by atoms with Crippen molar-refractivity contribution in [3.8, 4) is 11.8 Å². The van der Waals surface area contributed by atoms with E-state index in [1.807, 2.05) is 42.5 Å². The van der Waals surface area contributed by atoms with Crippen molar-refractivity contribution >= 4 is 28.9 Å². The summed E-state index contributed by atoms with van der Waals surface area (Å²) in [6, 6.07) is 17.4. The zero-order chi connectivity index (χ0) is 20.6. The highest BCUT2D eigenvalue weighted by molar-refractivity contribution is 6.30. The number of carbonyl (C=O) groups excluding carboxylic acids is 1. The molecule has 0 saturated carbocycles. The number of methoxy groups -OCH3 is 1. The summed E-state index contributed by atoms with van der Waals surface area (Å²) < 4.78 is 5.41. The Bertz CT molecular complexity index is 875. The number of halogens is 1. The number of anilines is 2. The molecule has 1 aliphatic rings. The van der Waals surface area contributed by atoms with Crippen molar-refractivity contribution in [3.05, 3.63) is 53.6 Å². The molecule has 0 atom stereocenters. The maximum atomic E-state index is 13.1. The monoisotopic (exact) mass is 412 g/mol. The van der Waals surface area contributed by atoms with Gasteiger partial charge in [-0.05, 0) is 30.3 Å². The summed E-state index contributed by atoms with van der Waals surface area (Å²) in [6.45, 7) is 3.90. The molecule has 0 spiro atoms. The summed E-state index contributed by atoms with van der Waals surface area (Å²) in [5.74, 6) is 0.602. The number of para-hydroxylation sites is 2. The van der Waals surface area contributed by atoms with Crippen molar-refractivity contribution in [1.29, 1.82) is 5.26 Å². The van der Waals surface area contributed by atoms with Crippen LogP contribution in [0, 0.1) is 11.3 Å². The van der Waals surface area contributed by atoms with E-state index in [-0.39, 0.29) is 12.3 Å². The SMILES string of the molecule is COc1ccccc1N(CCC#N)C(=O)CN1CCN(c2cccc(Cl)c2)CC1. The molecule has 0 unspecified atom stereocenters. The standard InChI is InChI=1S/C22H25ClN4O2/c1-29-21-9-3-2-8-20(21)27(11-5-10-24)22(28)17-25-12-14-26(15-13-25)19-7-4-6-18(23)16-19/h2-4,6-9,16H,5,11-15,17H2,1H3. The number of amides is 1. The number of carbonyl (C=O) groups is 1. The van der Waals surface area contributed by atoms with Gasteiger partial charge in [0.05, 0.1) is 31.8 Å². The van der Waals surface area contributed by atoms with Crippen LogP contribution in [0.15, 0.2) is 48.5 Å². The highest BCUT2D eigenvalue weighted by atomic mass is 35.5. The second kappa shape index (κ2) is 10.1. The molecule has 2 aromatic carbocycles. The van der Waals surface area contributed by atoms with E-state index in [0.717, 1.165) is 36.9 Å². The predicted molar refractivity (Wildman–Crippen MR) is 116 cm³/mol. The van der Waals surface area contributed by atoms with Crippen LogP contribution in [0.4, 0.5) is 11.4 Å². The third-order valence-electron chi connectivity index (χ3n) is 5.03. The van der Waals surface area contributed by atoms with Crippen LogP contribution >= 0.6 is 11.6 Å². The molecule has 0 aliphatic carbocycles. The summed E-state index contributed by atoms with van der Waals surface area (Å²) in [5.41, 5.74) is 1.81. The van der Waals surface area contributed by atoms with Crippen LogP contribution in [-0.4, -0.2) is 57.2 Å². The van der Waals surface area contributed by atoms with Crippen molar-refractivity contribution in [3.63, 3.8) is 0 Å². The van der Waals surface area contributed by atoms with E-state index in [4.69, 9.17) is 21.6 Å². The van der Waals surface area contributed by atoms with E-state index in [2.05, 4.69) is 21.9 Å². The van der Waals surface area contributed by atoms with E-state index < -0.39 is 0 Å². The second-order valence-corrected chi connectivity index (χ2v) is 7.30. The normalized spacial score (nSPS) is 14.3. The van der Waals surface area contributed by atoms with E-state index in [0.29, 0.717) is 24.5 Å². The molecule has 152 valence electrons. The molecule has 2 aromatic rings. The lowest BCUT2D eigenvalue weighted by atomic mass is 10.2. The first-order chi connectivity index (χ1) is 14.1. The van der Waals surface area contributed by atoms with Crippen molar-refractivity contribution in [2.24, 2.45) is 0 Å². The number of benzene rings is 2. The second-order valence-electron chi connectivity index (χ2n) is 6.87. The first kappa shape index (κ1) is 21.0. The average Bonchev–Trinajstić information content (AvgIpc) is 2.75. The zero-order valence-electron chi connectivity index (χ0n) is 16.6. The highest BCUT2D eigenvalue weighted by Gasteiger charge is 2.24. The van der Waals surface area contributed by atoms with Gasteiger partial charge in [-0.15, -0.1) is 0 Å². The molecule has 0 aromatic heterocycles. The van der Waals surface area contributed by atoms with E-state index in [9.17, 15) is 4.79 Å². The molecule has 0 N–H and O–H groups in total. The minimum atomic E-state index is -0.0269. The van der Waals surface area contributed by atoms with E-state index >= 15 is 0 Å². The largest absolute Gasteiger partial charge is 0.495 e. The molecule has 1 saturated heterocycles. The van der Waals surface area contributed by atoms with Gasteiger partial charge in [0.25, 0.3) is 0 Å². The van der Waals surface area contributed by atoms with Gasteiger partial charge in [-0.2, -0.15) is 5.26 Å². The van der Waals surface area contributed by atoms with Crippen LogP contribution in [0.3, 0.4) is 0 Å². The quantitative estimate of drug-likeness (QED) is 0.697. The Morgan fingerprint density at radius 3 is 2.62 bits per heavy atom. The van der Waals surface area contributed by atoms with Crippen LogP contribution in [0.2, 0.25) is 5.02 Å². The summed E-state index contributed by atoms with van der Waals surface area (Å²) in [5, 5.41) is 9.73. The minimum Gasteiger partial charge on any atom is -0.495 e. The Morgan fingerprint density at radius 1 is 1.17 bits per heavy atom. The number of piperazine rings is 1. The fourth-order valence-corrected chi connectivity index (χ4v) is 3.69. The molecular formula is C22H25ClN4O2. The van der Waals surface area contributed by atoms with Crippen LogP contribution in [-0.2, 0) is 4.79 Å². The molecular weight excluding hydrogens is 388 g/mol. The van der Waals surface area contributed by atoms with Gasteiger partial charge in [-0.1, -0.05) is 29.8 Å². The van der Waals surface area contributed by atoms with Crippen LogP contribution < -0.4 is 14.5 Å². The maximum Gasteiger partial charge on any atom is 0.241 e. The molecule has 29 heavy (non-hydrogen) atoms. The van der Waals surface area contributed by atoms with Crippen molar-refractivity contribution in [1.82, 2.24) is 4.90 Å². The number of hydrogen-bond acceptors (Lipinski definition) is 5. The van der Waals surface area contributed by atoms with Gasteiger partial charge in [0.1, 0.15) is 5.75 Å². The molecule has 0 bridgehead atoms. The molecule has 1 fully saturated rings. The third-order valence-corrected chi connectivity index (χ3v) is 5.26. The van der Waals surface area contributed by atoms with Crippen molar-refractivity contribution in [2.45, 2.75) is 6.42 Å². The molecule has 1 aliphatic heterocycles. The summed E-state index contributed by atoms with van der Waals surface area (Å²) in [6.07, 6.45) is 0.270. The zero-order valence-corrected chi connectivity index (χ0v) is 17.3. The summed E-state index contributed by atoms with van der Waals surface area (Å²) >= 11 is 6.10. The number of ether oxygens (including phenoxy) is 1. The predicted octanol–water partition coefficient (Wildman–Crippen LogP) is 3.42.